The Bertz CT molecular complexity index is 988. The number of hydrogen-bond acceptors (Lipinski definition) is 2. The minimum absolute atomic E-state index is 0.980. The van der Waals surface area contributed by atoms with Gasteiger partial charge in [-0.3, -0.25) is 0 Å². The Morgan fingerprint density at radius 1 is 1.04 bits per heavy atom. The fourth-order valence-corrected chi connectivity index (χ4v) is 4.29. The Balaban J connectivity index is 1.65. The van der Waals surface area contributed by atoms with Crippen LogP contribution in [0, 0.1) is 0 Å². The summed E-state index contributed by atoms with van der Waals surface area (Å²) in [6.07, 6.45) is 8.72. The molecule has 0 saturated heterocycles. The van der Waals surface area contributed by atoms with E-state index in [1.807, 2.05) is 11.8 Å². The van der Waals surface area contributed by atoms with Crippen LogP contribution in [-0.2, 0) is 6.54 Å². The summed E-state index contributed by atoms with van der Waals surface area (Å²) < 4.78 is 2.28. The Morgan fingerprint density at radius 3 is 2.68 bits per heavy atom. The number of hydrogen-bond donors (Lipinski definition) is 0. The van der Waals surface area contributed by atoms with Gasteiger partial charge < -0.3 is 4.90 Å². The van der Waals surface area contributed by atoms with Gasteiger partial charge in [0, 0.05) is 24.1 Å². The van der Waals surface area contributed by atoms with Crippen LogP contribution in [0.1, 0.15) is 12.5 Å². The first-order valence-electron chi connectivity index (χ1n) is 8.58. The van der Waals surface area contributed by atoms with Crippen LogP contribution in [0.15, 0.2) is 82.9 Å². The molecule has 1 aliphatic rings. The van der Waals surface area contributed by atoms with E-state index >= 15 is 0 Å². The standard InChI is InChI=1S/C22H21N2S/c1-3-24-16-15-17(18-10-4-5-11-19(18)24)9-8-14-22-23(2)20-12-6-7-13-21(20)25-22/h4-16H,3H2,1-2H3/q+1. The third-order valence-corrected chi connectivity index (χ3v) is 5.77. The molecule has 0 amide bonds. The van der Waals surface area contributed by atoms with Crippen molar-refractivity contribution in [3.8, 4) is 0 Å². The molecule has 2 aromatic carbocycles. The summed E-state index contributed by atoms with van der Waals surface area (Å²) in [4.78, 5) is 3.57. The quantitative estimate of drug-likeness (QED) is 0.599. The number of anilines is 1. The molecule has 2 heterocycles. The van der Waals surface area contributed by atoms with Crippen molar-refractivity contribution in [2.75, 3.05) is 11.9 Å². The zero-order valence-corrected chi connectivity index (χ0v) is 15.3. The first kappa shape index (κ1) is 16.0. The summed E-state index contributed by atoms with van der Waals surface area (Å²) in [6.45, 7) is 3.16. The van der Waals surface area contributed by atoms with Crippen molar-refractivity contribution >= 4 is 34.4 Å². The van der Waals surface area contributed by atoms with E-state index < -0.39 is 0 Å². The van der Waals surface area contributed by atoms with Crippen molar-refractivity contribution in [1.82, 2.24) is 0 Å². The lowest BCUT2D eigenvalue weighted by molar-refractivity contribution is -0.667. The van der Waals surface area contributed by atoms with Crippen molar-refractivity contribution in [3.05, 3.63) is 83.5 Å². The first-order valence-corrected chi connectivity index (χ1v) is 9.40. The van der Waals surface area contributed by atoms with Crippen LogP contribution >= 0.6 is 11.8 Å². The number of nitrogens with zero attached hydrogens (tertiary/aromatic N) is 2. The van der Waals surface area contributed by atoms with Gasteiger partial charge in [-0.1, -0.05) is 48.2 Å². The molecule has 1 aromatic heterocycles. The van der Waals surface area contributed by atoms with Gasteiger partial charge in [0.1, 0.15) is 6.54 Å². The highest BCUT2D eigenvalue weighted by Gasteiger charge is 2.20. The fourth-order valence-electron chi connectivity index (χ4n) is 3.23. The topological polar surface area (TPSA) is 7.12 Å². The largest absolute Gasteiger partial charge is 0.338 e. The van der Waals surface area contributed by atoms with Crippen molar-refractivity contribution in [1.29, 1.82) is 0 Å². The van der Waals surface area contributed by atoms with E-state index in [9.17, 15) is 0 Å². The number of allylic oxidation sites excluding steroid dienone is 2. The second-order valence-corrected chi connectivity index (χ2v) is 7.13. The molecule has 4 rings (SSSR count). The number of para-hydroxylation sites is 2. The maximum atomic E-state index is 2.28. The van der Waals surface area contributed by atoms with Gasteiger partial charge in [0.2, 0.25) is 5.52 Å². The van der Waals surface area contributed by atoms with Crippen LogP contribution < -0.4 is 9.47 Å². The number of rotatable bonds is 3. The number of aryl methyl sites for hydroxylation is 1. The van der Waals surface area contributed by atoms with Crippen LogP contribution in [0.25, 0.3) is 17.0 Å². The number of benzene rings is 2. The molecule has 0 atom stereocenters. The third kappa shape index (κ3) is 2.96. The Labute approximate surface area is 153 Å². The number of aromatic nitrogens is 1. The van der Waals surface area contributed by atoms with E-state index in [4.69, 9.17) is 0 Å². The van der Waals surface area contributed by atoms with E-state index in [2.05, 4.69) is 102 Å². The summed E-state index contributed by atoms with van der Waals surface area (Å²) in [5, 5.41) is 2.54. The molecule has 3 heteroatoms. The molecule has 0 bridgehead atoms. The summed E-state index contributed by atoms with van der Waals surface area (Å²) in [5.74, 6) is 0. The van der Waals surface area contributed by atoms with Gasteiger partial charge in [0.25, 0.3) is 0 Å². The van der Waals surface area contributed by atoms with Crippen LogP contribution in [0.2, 0.25) is 0 Å². The van der Waals surface area contributed by atoms with Crippen LogP contribution in [-0.4, -0.2) is 7.05 Å². The number of fused-ring (bicyclic) bond motifs is 2. The predicted molar refractivity (Wildman–Crippen MR) is 108 cm³/mol. The van der Waals surface area contributed by atoms with Gasteiger partial charge in [-0.15, -0.1) is 0 Å². The van der Waals surface area contributed by atoms with Crippen molar-refractivity contribution < 1.29 is 4.57 Å². The lowest BCUT2D eigenvalue weighted by Gasteiger charge is -2.12. The van der Waals surface area contributed by atoms with E-state index in [1.165, 1.54) is 32.1 Å². The molecular formula is C22H21N2S+. The highest BCUT2D eigenvalue weighted by atomic mass is 32.2. The lowest BCUT2D eigenvalue weighted by atomic mass is 10.1. The summed E-state index contributed by atoms with van der Waals surface area (Å²) in [5.41, 5.74) is 3.81. The zero-order valence-electron chi connectivity index (χ0n) is 14.5. The molecule has 3 aromatic rings. The summed E-state index contributed by atoms with van der Waals surface area (Å²) in [7, 11) is 2.13. The average Bonchev–Trinajstić information content (AvgIpc) is 2.98. The van der Waals surface area contributed by atoms with E-state index in [0.717, 1.165) is 6.54 Å². The van der Waals surface area contributed by atoms with E-state index in [-0.39, 0.29) is 0 Å². The Morgan fingerprint density at radius 2 is 1.84 bits per heavy atom. The van der Waals surface area contributed by atoms with Gasteiger partial charge >= 0.3 is 0 Å². The second kappa shape index (κ2) is 6.77. The van der Waals surface area contributed by atoms with Gasteiger partial charge in [-0.25, -0.2) is 0 Å². The number of pyridine rings is 1. The molecule has 0 aliphatic carbocycles. The van der Waals surface area contributed by atoms with Gasteiger partial charge in [-0.2, -0.15) is 4.57 Å². The molecule has 0 unspecified atom stereocenters. The van der Waals surface area contributed by atoms with Crippen LogP contribution in [0.5, 0.6) is 0 Å². The second-order valence-electron chi connectivity index (χ2n) is 6.07. The molecule has 0 spiro atoms. The zero-order chi connectivity index (χ0) is 17.2. The predicted octanol–water partition coefficient (Wildman–Crippen LogP) is 5.24. The molecule has 0 radical (unpaired) electrons. The maximum absolute atomic E-state index is 2.28. The normalized spacial score (nSPS) is 15.4. The van der Waals surface area contributed by atoms with E-state index in [0.29, 0.717) is 0 Å². The van der Waals surface area contributed by atoms with Gasteiger partial charge in [0.05, 0.1) is 16.1 Å². The van der Waals surface area contributed by atoms with Gasteiger partial charge in [0.15, 0.2) is 6.20 Å². The molecule has 0 N–H and O–H groups in total. The summed E-state index contributed by atoms with van der Waals surface area (Å²) >= 11 is 1.82. The van der Waals surface area contributed by atoms with Crippen LogP contribution in [0.3, 0.4) is 0 Å². The first-order chi connectivity index (χ1) is 12.3. The molecule has 25 heavy (non-hydrogen) atoms. The van der Waals surface area contributed by atoms with Crippen LogP contribution in [0.4, 0.5) is 5.69 Å². The lowest BCUT2D eigenvalue weighted by Crippen LogP contribution is -2.32. The smallest absolute Gasteiger partial charge is 0.213 e. The Kier molecular flexibility index (Phi) is 4.33. The highest BCUT2D eigenvalue weighted by Crippen LogP contribution is 2.44. The monoisotopic (exact) mass is 345 g/mol. The highest BCUT2D eigenvalue weighted by molar-refractivity contribution is 8.03. The van der Waals surface area contributed by atoms with Crippen molar-refractivity contribution in [2.45, 2.75) is 18.4 Å². The molecule has 0 saturated carbocycles. The number of thioether (sulfide) groups is 1. The molecule has 2 nitrogen and oxygen atoms in total. The van der Waals surface area contributed by atoms with E-state index in [1.54, 1.807) is 0 Å². The summed E-state index contributed by atoms with van der Waals surface area (Å²) in [6, 6.07) is 19.3. The minimum atomic E-state index is 0.980. The SMILES string of the molecule is CC[n+]1ccc(/C=C/C=C2/Sc3ccccc3N2C)c2ccccc21. The molecule has 0 fully saturated rings. The van der Waals surface area contributed by atoms with Crippen molar-refractivity contribution in [3.63, 3.8) is 0 Å². The molecule has 124 valence electrons. The van der Waals surface area contributed by atoms with Crippen molar-refractivity contribution in [2.24, 2.45) is 0 Å². The fraction of sp³-hybridized carbons (Fsp3) is 0.136. The van der Waals surface area contributed by atoms with Gasteiger partial charge in [-0.05, 0) is 36.8 Å². The molecular weight excluding hydrogens is 324 g/mol. The molecule has 1 aliphatic heterocycles. The third-order valence-electron chi connectivity index (χ3n) is 4.59. The maximum Gasteiger partial charge on any atom is 0.213 e. The average molecular weight is 345 g/mol. The minimum Gasteiger partial charge on any atom is -0.338 e. The Hall–Kier alpha value is -2.52.